The number of aliphatic hydroxyl groups excluding tert-OH is 1. The normalized spacial score (nSPS) is 12.0. The van der Waals surface area contributed by atoms with Crippen LogP contribution >= 0.6 is 11.6 Å². The van der Waals surface area contributed by atoms with Gasteiger partial charge in [-0.05, 0) is 35.9 Å². The SMILES string of the molecule is COc1ccc(NCC(O)c2ccc(F)cc2)cc1Cl. The van der Waals surface area contributed by atoms with Crippen LogP contribution in [0.3, 0.4) is 0 Å². The van der Waals surface area contributed by atoms with Gasteiger partial charge in [-0.25, -0.2) is 4.39 Å². The van der Waals surface area contributed by atoms with E-state index in [2.05, 4.69) is 5.32 Å². The highest BCUT2D eigenvalue weighted by atomic mass is 35.5. The molecule has 1 unspecified atom stereocenters. The van der Waals surface area contributed by atoms with Crippen molar-refractivity contribution in [3.63, 3.8) is 0 Å². The molecule has 2 aromatic carbocycles. The predicted octanol–water partition coefficient (Wildman–Crippen LogP) is 3.63. The minimum atomic E-state index is -0.725. The molecular formula is C15H15ClFNO2. The Morgan fingerprint density at radius 3 is 2.55 bits per heavy atom. The Balaban J connectivity index is 1.97. The number of hydrogen-bond acceptors (Lipinski definition) is 3. The molecule has 0 amide bonds. The highest BCUT2D eigenvalue weighted by molar-refractivity contribution is 6.32. The van der Waals surface area contributed by atoms with Crippen molar-refractivity contribution in [2.45, 2.75) is 6.10 Å². The predicted molar refractivity (Wildman–Crippen MR) is 77.9 cm³/mol. The zero-order valence-electron chi connectivity index (χ0n) is 10.9. The van der Waals surface area contributed by atoms with Gasteiger partial charge in [0.1, 0.15) is 11.6 Å². The van der Waals surface area contributed by atoms with E-state index in [0.717, 1.165) is 5.69 Å². The molecule has 0 bridgehead atoms. The van der Waals surface area contributed by atoms with E-state index in [1.807, 2.05) is 6.07 Å². The quantitative estimate of drug-likeness (QED) is 0.885. The lowest BCUT2D eigenvalue weighted by Crippen LogP contribution is -2.12. The zero-order chi connectivity index (χ0) is 14.5. The maximum absolute atomic E-state index is 12.8. The average molecular weight is 296 g/mol. The summed E-state index contributed by atoms with van der Waals surface area (Å²) >= 11 is 6.01. The lowest BCUT2D eigenvalue weighted by molar-refractivity contribution is 0.191. The van der Waals surface area contributed by atoms with Crippen LogP contribution in [0.5, 0.6) is 5.75 Å². The molecule has 2 aromatic rings. The van der Waals surface area contributed by atoms with Crippen molar-refractivity contribution in [1.29, 1.82) is 0 Å². The van der Waals surface area contributed by atoms with Gasteiger partial charge in [-0.1, -0.05) is 23.7 Å². The Labute approximate surface area is 122 Å². The molecule has 1 atom stereocenters. The monoisotopic (exact) mass is 295 g/mol. The third-order valence-electron chi connectivity index (χ3n) is 2.91. The molecule has 106 valence electrons. The minimum Gasteiger partial charge on any atom is -0.495 e. The van der Waals surface area contributed by atoms with Gasteiger partial charge in [0.25, 0.3) is 0 Å². The molecule has 0 aliphatic carbocycles. The van der Waals surface area contributed by atoms with Crippen LogP contribution in [0.25, 0.3) is 0 Å². The molecule has 0 saturated heterocycles. The van der Waals surface area contributed by atoms with E-state index in [1.54, 1.807) is 31.4 Å². The fourth-order valence-corrected chi connectivity index (χ4v) is 2.05. The summed E-state index contributed by atoms with van der Waals surface area (Å²) in [5.41, 5.74) is 1.43. The van der Waals surface area contributed by atoms with Crippen LogP contribution in [0.1, 0.15) is 11.7 Å². The maximum atomic E-state index is 12.8. The summed E-state index contributed by atoms with van der Waals surface area (Å²) < 4.78 is 17.9. The molecular weight excluding hydrogens is 281 g/mol. The molecule has 0 aromatic heterocycles. The second-order valence-corrected chi connectivity index (χ2v) is 4.70. The van der Waals surface area contributed by atoms with E-state index in [-0.39, 0.29) is 5.82 Å². The highest BCUT2D eigenvalue weighted by Crippen LogP contribution is 2.27. The van der Waals surface area contributed by atoms with Crippen molar-refractivity contribution in [3.05, 3.63) is 58.9 Å². The molecule has 3 nitrogen and oxygen atoms in total. The Bertz CT molecular complexity index is 575. The molecule has 0 aliphatic heterocycles. The first-order valence-electron chi connectivity index (χ1n) is 6.11. The van der Waals surface area contributed by atoms with Crippen LogP contribution in [0.15, 0.2) is 42.5 Å². The molecule has 5 heteroatoms. The van der Waals surface area contributed by atoms with Crippen LogP contribution in [0.2, 0.25) is 5.02 Å². The number of hydrogen-bond donors (Lipinski definition) is 2. The smallest absolute Gasteiger partial charge is 0.137 e. The standard InChI is InChI=1S/C15H15ClFNO2/c1-20-15-7-6-12(8-13(15)16)18-9-14(19)10-2-4-11(17)5-3-10/h2-8,14,18-19H,9H2,1H3. The molecule has 0 radical (unpaired) electrons. The summed E-state index contributed by atoms with van der Waals surface area (Å²) in [7, 11) is 1.55. The Morgan fingerprint density at radius 2 is 1.95 bits per heavy atom. The second-order valence-electron chi connectivity index (χ2n) is 4.30. The van der Waals surface area contributed by atoms with Crippen molar-refractivity contribution in [1.82, 2.24) is 0 Å². The first kappa shape index (κ1) is 14.6. The second kappa shape index (κ2) is 6.59. The van der Waals surface area contributed by atoms with Gasteiger partial charge in [0.2, 0.25) is 0 Å². The van der Waals surface area contributed by atoms with Gasteiger partial charge in [0.05, 0.1) is 18.2 Å². The van der Waals surface area contributed by atoms with E-state index < -0.39 is 6.10 Å². The molecule has 0 saturated carbocycles. The zero-order valence-corrected chi connectivity index (χ0v) is 11.7. The summed E-state index contributed by atoms with van der Waals surface area (Å²) in [6.45, 7) is 0.300. The Hall–Kier alpha value is -1.78. The fourth-order valence-electron chi connectivity index (χ4n) is 1.79. The molecule has 2 N–H and O–H groups in total. The average Bonchev–Trinajstić information content (AvgIpc) is 2.45. The Morgan fingerprint density at radius 1 is 1.25 bits per heavy atom. The number of benzene rings is 2. The van der Waals surface area contributed by atoms with Crippen LogP contribution in [0.4, 0.5) is 10.1 Å². The van der Waals surface area contributed by atoms with Gasteiger partial charge >= 0.3 is 0 Å². The van der Waals surface area contributed by atoms with Crippen LogP contribution in [-0.4, -0.2) is 18.8 Å². The number of halogens is 2. The van der Waals surface area contributed by atoms with Gasteiger partial charge in [-0.3, -0.25) is 0 Å². The third-order valence-corrected chi connectivity index (χ3v) is 3.20. The maximum Gasteiger partial charge on any atom is 0.137 e. The number of ether oxygens (including phenoxy) is 1. The number of anilines is 1. The van der Waals surface area contributed by atoms with E-state index in [1.165, 1.54) is 12.1 Å². The van der Waals surface area contributed by atoms with Gasteiger partial charge in [-0.2, -0.15) is 0 Å². The topological polar surface area (TPSA) is 41.5 Å². The highest BCUT2D eigenvalue weighted by Gasteiger charge is 2.08. The van der Waals surface area contributed by atoms with Gasteiger partial charge in [-0.15, -0.1) is 0 Å². The summed E-state index contributed by atoms with van der Waals surface area (Å²) in [6.07, 6.45) is -0.725. The molecule has 0 heterocycles. The van der Waals surface area contributed by atoms with Crippen molar-refractivity contribution in [2.24, 2.45) is 0 Å². The molecule has 0 fully saturated rings. The molecule has 0 spiro atoms. The first-order chi connectivity index (χ1) is 9.60. The van der Waals surface area contributed by atoms with E-state index in [0.29, 0.717) is 22.9 Å². The first-order valence-corrected chi connectivity index (χ1v) is 6.49. The summed E-state index contributed by atoms with van der Waals surface area (Å²) in [4.78, 5) is 0. The van der Waals surface area contributed by atoms with E-state index >= 15 is 0 Å². The van der Waals surface area contributed by atoms with Crippen LogP contribution in [0, 0.1) is 5.82 Å². The minimum absolute atomic E-state index is 0.300. The summed E-state index contributed by atoms with van der Waals surface area (Å²) in [6, 6.07) is 11.0. The third kappa shape index (κ3) is 3.62. The van der Waals surface area contributed by atoms with Crippen molar-refractivity contribution < 1.29 is 14.2 Å². The molecule has 20 heavy (non-hydrogen) atoms. The van der Waals surface area contributed by atoms with E-state index in [9.17, 15) is 9.50 Å². The van der Waals surface area contributed by atoms with Crippen LogP contribution in [-0.2, 0) is 0 Å². The largest absolute Gasteiger partial charge is 0.495 e. The Kier molecular flexibility index (Phi) is 4.82. The summed E-state index contributed by atoms with van der Waals surface area (Å²) in [5, 5.41) is 13.6. The fraction of sp³-hybridized carbons (Fsp3) is 0.200. The van der Waals surface area contributed by atoms with Gasteiger partial charge in [0, 0.05) is 12.2 Å². The summed E-state index contributed by atoms with van der Waals surface area (Å²) in [5.74, 6) is 0.271. The molecule has 0 aliphatic rings. The lowest BCUT2D eigenvalue weighted by Gasteiger charge is -2.14. The molecule has 2 rings (SSSR count). The number of nitrogens with one attached hydrogen (secondary N) is 1. The number of rotatable bonds is 5. The number of aliphatic hydroxyl groups is 1. The van der Waals surface area contributed by atoms with Crippen molar-refractivity contribution in [2.75, 3.05) is 19.0 Å². The number of methoxy groups -OCH3 is 1. The van der Waals surface area contributed by atoms with Crippen LogP contribution < -0.4 is 10.1 Å². The van der Waals surface area contributed by atoms with Gasteiger partial charge in [0.15, 0.2) is 0 Å². The van der Waals surface area contributed by atoms with Crippen molar-refractivity contribution >= 4 is 17.3 Å². The van der Waals surface area contributed by atoms with Gasteiger partial charge < -0.3 is 15.2 Å². The van der Waals surface area contributed by atoms with Crippen molar-refractivity contribution in [3.8, 4) is 5.75 Å². The lowest BCUT2D eigenvalue weighted by atomic mass is 10.1. The van der Waals surface area contributed by atoms with E-state index in [4.69, 9.17) is 16.3 Å².